The first-order chi connectivity index (χ1) is 12.0. The van der Waals surface area contributed by atoms with E-state index in [2.05, 4.69) is 24.1 Å². The van der Waals surface area contributed by atoms with Gasteiger partial charge in [0.15, 0.2) is 0 Å². The summed E-state index contributed by atoms with van der Waals surface area (Å²) in [6.07, 6.45) is 0. The van der Waals surface area contributed by atoms with Crippen molar-refractivity contribution in [3.63, 3.8) is 0 Å². The van der Waals surface area contributed by atoms with Crippen molar-refractivity contribution in [3.8, 4) is 0 Å². The number of anilines is 3. The molecule has 2 amide bonds. The van der Waals surface area contributed by atoms with Crippen LogP contribution in [0.1, 0.15) is 31.1 Å². The number of nitrogens with one attached hydrogen (secondary N) is 1. The molecule has 25 heavy (non-hydrogen) atoms. The Morgan fingerprint density at radius 2 is 1.40 bits per heavy atom. The molecule has 5 heteroatoms. The van der Waals surface area contributed by atoms with Crippen LogP contribution >= 0.6 is 0 Å². The zero-order valence-electron chi connectivity index (χ0n) is 15.2. The summed E-state index contributed by atoms with van der Waals surface area (Å²) in [5.74, 6) is -0.191. The predicted molar refractivity (Wildman–Crippen MR) is 103 cm³/mol. The van der Waals surface area contributed by atoms with Crippen molar-refractivity contribution >= 4 is 28.9 Å². The van der Waals surface area contributed by atoms with Crippen molar-refractivity contribution in [2.75, 3.05) is 35.3 Å². The molecule has 0 atom stereocenters. The maximum atomic E-state index is 12.4. The molecule has 0 saturated carbocycles. The van der Waals surface area contributed by atoms with Gasteiger partial charge in [-0.3, -0.25) is 9.59 Å². The van der Waals surface area contributed by atoms with Crippen LogP contribution in [0.3, 0.4) is 0 Å². The van der Waals surface area contributed by atoms with Gasteiger partial charge in [-0.2, -0.15) is 0 Å². The molecule has 0 fully saturated rings. The Bertz CT molecular complexity index is 720. The van der Waals surface area contributed by atoms with Gasteiger partial charge in [0.05, 0.1) is 0 Å². The highest BCUT2D eigenvalue weighted by molar-refractivity contribution is 6.04. The van der Waals surface area contributed by atoms with E-state index < -0.39 is 0 Å². The molecule has 0 bridgehead atoms. The summed E-state index contributed by atoms with van der Waals surface area (Å²) in [5.41, 5.74) is 3.20. The van der Waals surface area contributed by atoms with Crippen LogP contribution in [0.5, 0.6) is 0 Å². The van der Waals surface area contributed by atoms with Gasteiger partial charge in [0.25, 0.3) is 5.91 Å². The number of nitrogens with zero attached hydrogens (tertiary/aromatic N) is 2. The number of hydrogen-bond donors (Lipinski definition) is 1. The number of amides is 2. The van der Waals surface area contributed by atoms with Crippen LogP contribution in [0.25, 0.3) is 0 Å². The molecular weight excluding hydrogens is 314 g/mol. The summed E-state index contributed by atoms with van der Waals surface area (Å²) in [7, 11) is 1.72. The van der Waals surface area contributed by atoms with Crippen LogP contribution in [0.4, 0.5) is 17.1 Å². The number of hydrogen-bond acceptors (Lipinski definition) is 3. The fourth-order valence-corrected chi connectivity index (χ4v) is 2.57. The lowest BCUT2D eigenvalue weighted by Gasteiger charge is -2.21. The summed E-state index contributed by atoms with van der Waals surface area (Å²) < 4.78 is 0. The molecule has 1 N–H and O–H groups in total. The number of carbonyl (C=O) groups is 2. The highest BCUT2D eigenvalue weighted by atomic mass is 16.2. The standard InChI is InChI=1S/C20H25N3O2/c1-5-23(6-2)19-11-7-16(8-12-19)20(25)21-17-9-13-18(14-10-17)22(4)15(3)24/h7-14H,5-6H2,1-4H3,(H,21,25). The molecule has 2 aromatic carbocycles. The molecule has 0 aliphatic carbocycles. The van der Waals surface area contributed by atoms with Crippen molar-refractivity contribution in [2.24, 2.45) is 0 Å². The molecule has 0 aliphatic rings. The van der Waals surface area contributed by atoms with Gasteiger partial charge in [0, 0.05) is 49.7 Å². The minimum Gasteiger partial charge on any atom is -0.372 e. The van der Waals surface area contributed by atoms with Gasteiger partial charge in [-0.15, -0.1) is 0 Å². The van der Waals surface area contributed by atoms with Crippen molar-refractivity contribution in [1.29, 1.82) is 0 Å². The SMILES string of the molecule is CCN(CC)c1ccc(C(=O)Nc2ccc(N(C)C(C)=O)cc2)cc1. The van der Waals surface area contributed by atoms with E-state index in [-0.39, 0.29) is 11.8 Å². The Kier molecular flexibility index (Phi) is 6.17. The Hall–Kier alpha value is -2.82. The predicted octanol–water partition coefficient (Wildman–Crippen LogP) is 3.77. The molecule has 0 aliphatic heterocycles. The summed E-state index contributed by atoms with van der Waals surface area (Å²) >= 11 is 0. The van der Waals surface area contributed by atoms with E-state index >= 15 is 0 Å². The first-order valence-electron chi connectivity index (χ1n) is 8.47. The first kappa shape index (κ1) is 18.5. The molecule has 0 radical (unpaired) electrons. The van der Waals surface area contributed by atoms with E-state index in [1.807, 2.05) is 24.3 Å². The second-order valence-electron chi connectivity index (χ2n) is 5.80. The zero-order valence-corrected chi connectivity index (χ0v) is 15.2. The average molecular weight is 339 g/mol. The van der Waals surface area contributed by atoms with Gasteiger partial charge in [-0.05, 0) is 62.4 Å². The second-order valence-corrected chi connectivity index (χ2v) is 5.80. The summed E-state index contributed by atoms with van der Waals surface area (Å²) in [4.78, 5) is 27.5. The maximum Gasteiger partial charge on any atom is 0.255 e. The fourth-order valence-electron chi connectivity index (χ4n) is 2.57. The Morgan fingerprint density at radius 3 is 1.88 bits per heavy atom. The smallest absolute Gasteiger partial charge is 0.255 e. The van der Waals surface area contributed by atoms with E-state index in [0.717, 1.165) is 24.5 Å². The summed E-state index contributed by atoms with van der Waals surface area (Å²) in [6, 6.07) is 14.8. The Morgan fingerprint density at radius 1 is 0.880 bits per heavy atom. The highest BCUT2D eigenvalue weighted by Crippen LogP contribution is 2.19. The summed E-state index contributed by atoms with van der Waals surface area (Å²) in [6.45, 7) is 7.60. The second kappa shape index (κ2) is 8.33. The molecule has 0 aromatic heterocycles. The van der Waals surface area contributed by atoms with Crippen LogP contribution in [0.2, 0.25) is 0 Å². The minimum absolute atomic E-state index is 0.0370. The van der Waals surface area contributed by atoms with Crippen LogP contribution in [-0.2, 0) is 4.79 Å². The Balaban J connectivity index is 2.05. The van der Waals surface area contributed by atoms with Gasteiger partial charge >= 0.3 is 0 Å². The first-order valence-corrected chi connectivity index (χ1v) is 8.47. The molecule has 132 valence electrons. The zero-order chi connectivity index (χ0) is 18.4. The molecule has 5 nitrogen and oxygen atoms in total. The Labute approximate surface area is 149 Å². The number of rotatable bonds is 6. The normalized spacial score (nSPS) is 10.2. The molecule has 0 unspecified atom stereocenters. The largest absolute Gasteiger partial charge is 0.372 e. The van der Waals surface area contributed by atoms with Crippen molar-refractivity contribution < 1.29 is 9.59 Å². The average Bonchev–Trinajstić information content (AvgIpc) is 2.63. The molecule has 2 rings (SSSR count). The van der Waals surface area contributed by atoms with Crippen LogP contribution < -0.4 is 15.1 Å². The van der Waals surface area contributed by atoms with Gasteiger partial charge in [-0.25, -0.2) is 0 Å². The number of benzene rings is 2. The summed E-state index contributed by atoms with van der Waals surface area (Å²) in [5, 5.41) is 2.87. The van der Waals surface area contributed by atoms with Gasteiger partial charge < -0.3 is 15.1 Å². The van der Waals surface area contributed by atoms with E-state index in [0.29, 0.717) is 11.3 Å². The van der Waals surface area contributed by atoms with E-state index in [1.54, 1.807) is 36.2 Å². The van der Waals surface area contributed by atoms with Gasteiger partial charge in [0.2, 0.25) is 5.91 Å². The molecule has 0 saturated heterocycles. The van der Waals surface area contributed by atoms with Crippen LogP contribution in [0, 0.1) is 0 Å². The van der Waals surface area contributed by atoms with Crippen LogP contribution in [-0.4, -0.2) is 32.0 Å². The lowest BCUT2D eigenvalue weighted by atomic mass is 10.1. The third kappa shape index (κ3) is 4.59. The van der Waals surface area contributed by atoms with Gasteiger partial charge in [0.1, 0.15) is 0 Å². The quantitative estimate of drug-likeness (QED) is 0.872. The van der Waals surface area contributed by atoms with Crippen LogP contribution in [0.15, 0.2) is 48.5 Å². The molecule has 2 aromatic rings. The molecule has 0 heterocycles. The lowest BCUT2D eigenvalue weighted by Crippen LogP contribution is -2.22. The fraction of sp³-hybridized carbons (Fsp3) is 0.300. The van der Waals surface area contributed by atoms with E-state index in [1.165, 1.54) is 6.92 Å². The van der Waals surface area contributed by atoms with Gasteiger partial charge in [-0.1, -0.05) is 0 Å². The van der Waals surface area contributed by atoms with E-state index in [4.69, 9.17) is 0 Å². The molecule has 0 spiro atoms. The van der Waals surface area contributed by atoms with Crippen molar-refractivity contribution in [3.05, 3.63) is 54.1 Å². The maximum absolute atomic E-state index is 12.4. The monoisotopic (exact) mass is 339 g/mol. The van der Waals surface area contributed by atoms with Crippen molar-refractivity contribution in [2.45, 2.75) is 20.8 Å². The number of carbonyl (C=O) groups excluding carboxylic acids is 2. The topological polar surface area (TPSA) is 52.7 Å². The lowest BCUT2D eigenvalue weighted by molar-refractivity contribution is -0.116. The third-order valence-electron chi connectivity index (χ3n) is 4.24. The van der Waals surface area contributed by atoms with E-state index in [9.17, 15) is 9.59 Å². The minimum atomic E-state index is -0.154. The molecular formula is C20H25N3O2. The third-order valence-corrected chi connectivity index (χ3v) is 4.24. The highest BCUT2D eigenvalue weighted by Gasteiger charge is 2.09. The van der Waals surface area contributed by atoms with Crippen molar-refractivity contribution in [1.82, 2.24) is 0 Å².